The number of rotatable bonds is 2. The summed E-state index contributed by atoms with van der Waals surface area (Å²) in [5.74, 6) is 0. The van der Waals surface area contributed by atoms with E-state index in [1.807, 2.05) is 25.1 Å². The van der Waals surface area contributed by atoms with E-state index in [1.54, 1.807) is 0 Å². The predicted octanol–water partition coefficient (Wildman–Crippen LogP) is 2.80. The first-order valence-electron chi connectivity index (χ1n) is 4.77. The third-order valence-electron chi connectivity index (χ3n) is 2.36. The van der Waals surface area contributed by atoms with E-state index in [2.05, 4.69) is 29.0 Å². The second-order valence-corrected chi connectivity index (χ2v) is 3.32. The maximum absolute atomic E-state index is 5.93. The van der Waals surface area contributed by atoms with Crippen molar-refractivity contribution < 1.29 is 0 Å². The van der Waals surface area contributed by atoms with E-state index in [0.29, 0.717) is 0 Å². The molecule has 1 heterocycles. The summed E-state index contributed by atoms with van der Waals surface area (Å²) in [5, 5.41) is 1.20. The molecule has 2 N–H and O–H groups in total. The van der Waals surface area contributed by atoms with E-state index in [1.165, 1.54) is 5.39 Å². The van der Waals surface area contributed by atoms with E-state index in [4.69, 9.17) is 5.73 Å². The molecule has 0 fully saturated rings. The van der Waals surface area contributed by atoms with Gasteiger partial charge in [-0.15, -0.1) is 0 Å². The lowest BCUT2D eigenvalue weighted by molar-refractivity contribution is 0.863. The van der Waals surface area contributed by atoms with Crippen molar-refractivity contribution in [1.29, 1.82) is 0 Å². The fourth-order valence-electron chi connectivity index (χ4n) is 1.66. The molecule has 0 radical (unpaired) electrons. The molecular weight excluding hydrogens is 172 g/mol. The van der Waals surface area contributed by atoms with Gasteiger partial charge in [-0.2, -0.15) is 0 Å². The van der Waals surface area contributed by atoms with Gasteiger partial charge in [-0.1, -0.05) is 24.3 Å². The number of hydrogen-bond acceptors (Lipinski definition) is 1. The summed E-state index contributed by atoms with van der Waals surface area (Å²) in [6.07, 6.45) is 6.23. The van der Waals surface area contributed by atoms with Gasteiger partial charge in [-0.05, 0) is 19.1 Å². The monoisotopic (exact) mass is 186 g/mol. The molecule has 1 aromatic heterocycles. The van der Waals surface area contributed by atoms with Crippen molar-refractivity contribution >= 4 is 16.6 Å². The molecule has 2 nitrogen and oxygen atoms in total. The average Bonchev–Trinajstić information content (AvgIpc) is 2.59. The topological polar surface area (TPSA) is 30.9 Å². The molecule has 0 unspecified atom stereocenters. The highest BCUT2D eigenvalue weighted by atomic mass is 15.0. The molecular formula is C12H14N2. The third kappa shape index (κ3) is 1.39. The Bertz CT molecular complexity index is 466. The van der Waals surface area contributed by atoms with Gasteiger partial charge in [0.05, 0.1) is 11.2 Å². The van der Waals surface area contributed by atoms with Crippen molar-refractivity contribution in [1.82, 2.24) is 4.57 Å². The smallest absolute Gasteiger partial charge is 0.0716 e. The van der Waals surface area contributed by atoms with Gasteiger partial charge >= 0.3 is 0 Å². The van der Waals surface area contributed by atoms with Crippen molar-refractivity contribution in [3.05, 3.63) is 42.6 Å². The summed E-state index contributed by atoms with van der Waals surface area (Å²) >= 11 is 0. The molecule has 14 heavy (non-hydrogen) atoms. The fourth-order valence-corrected chi connectivity index (χ4v) is 1.66. The van der Waals surface area contributed by atoms with E-state index in [0.717, 1.165) is 17.7 Å². The van der Waals surface area contributed by atoms with Crippen LogP contribution in [0, 0.1) is 0 Å². The minimum absolute atomic E-state index is 0.844. The Balaban J connectivity index is 2.55. The van der Waals surface area contributed by atoms with Crippen LogP contribution in [0.5, 0.6) is 0 Å². The van der Waals surface area contributed by atoms with Gasteiger partial charge in [-0.3, -0.25) is 0 Å². The van der Waals surface area contributed by atoms with Crippen LogP contribution in [0.2, 0.25) is 0 Å². The average molecular weight is 186 g/mol. The van der Waals surface area contributed by atoms with Gasteiger partial charge < -0.3 is 10.3 Å². The van der Waals surface area contributed by atoms with Crippen LogP contribution in [-0.4, -0.2) is 4.57 Å². The van der Waals surface area contributed by atoms with Crippen LogP contribution >= 0.6 is 0 Å². The minimum Gasteiger partial charge on any atom is -0.397 e. The van der Waals surface area contributed by atoms with Crippen LogP contribution in [-0.2, 0) is 6.54 Å². The van der Waals surface area contributed by atoms with Gasteiger partial charge in [0.15, 0.2) is 0 Å². The SMILES string of the molecule is C/C=C/Cn1ccc2cccc(N)c21. The number of benzene rings is 1. The van der Waals surface area contributed by atoms with E-state index < -0.39 is 0 Å². The van der Waals surface area contributed by atoms with Crippen molar-refractivity contribution in [2.45, 2.75) is 13.5 Å². The molecule has 0 bridgehead atoms. The number of allylic oxidation sites excluding steroid dienone is 2. The normalized spacial score (nSPS) is 11.5. The van der Waals surface area contributed by atoms with E-state index >= 15 is 0 Å². The maximum Gasteiger partial charge on any atom is 0.0716 e. The quantitative estimate of drug-likeness (QED) is 0.567. The summed E-state index contributed by atoms with van der Waals surface area (Å²) < 4.78 is 2.16. The fraction of sp³-hybridized carbons (Fsp3) is 0.167. The Morgan fingerprint density at radius 3 is 3.00 bits per heavy atom. The highest BCUT2D eigenvalue weighted by Crippen LogP contribution is 2.21. The van der Waals surface area contributed by atoms with Gasteiger partial charge in [0, 0.05) is 18.1 Å². The van der Waals surface area contributed by atoms with E-state index in [-0.39, 0.29) is 0 Å². The molecule has 0 aliphatic carbocycles. The summed E-state index contributed by atoms with van der Waals surface area (Å²) in [5.41, 5.74) is 7.90. The highest BCUT2D eigenvalue weighted by Gasteiger charge is 2.01. The predicted molar refractivity (Wildman–Crippen MR) is 61.2 cm³/mol. The highest BCUT2D eigenvalue weighted by molar-refractivity contribution is 5.90. The van der Waals surface area contributed by atoms with E-state index in [9.17, 15) is 0 Å². The molecule has 2 aromatic rings. The molecule has 0 aliphatic heterocycles. The zero-order valence-electron chi connectivity index (χ0n) is 8.27. The Morgan fingerprint density at radius 1 is 1.36 bits per heavy atom. The number of anilines is 1. The molecule has 2 heteroatoms. The molecule has 0 atom stereocenters. The van der Waals surface area contributed by atoms with Crippen LogP contribution in [0.4, 0.5) is 5.69 Å². The summed E-state index contributed by atoms with van der Waals surface area (Å²) in [4.78, 5) is 0. The summed E-state index contributed by atoms with van der Waals surface area (Å²) in [7, 11) is 0. The van der Waals surface area contributed by atoms with Crippen molar-refractivity contribution in [3.63, 3.8) is 0 Å². The second-order valence-electron chi connectivity index (χ2n) is 3.32. The van der Waals surface area contributed by atoms with Crippen molar-refractivity contribution in [2.75, 3.05) is 5.73 Å². The Morgan fingerprint density at radius 2 is 2.21 bits per heavy atom. The summed E-state index contributed by atoms with van der Waals surface area (Å²) in [6.45, 7) is 2.91. The van der Waals surface area contributed by atoms with Gasteiger partial charge in [-0.25, -0.2) is 0 Å². The zero-order chi connectivity index (χ0) is 9.97. The van der Waals surface area contributed by atoms with Crippen molar-refractivity contribution in [2.24, 2.45) is 0 Å². The lowest BCUT2D eigenvalue weighted by Crippen LogP contribution is -1.96. The van der Waals surface area contributed by atoms with Gasteiger partial charge in [0.25, 0.3) is 0 Å². The first-order chi connectivity index (χ1) is 6.83. The van der Waals surface area contributed by atoms with Gasteiger partial charge in [0.2, 0.25) is 0 Å². The standard InChI is InChI=1S/C12H14N2/c1-2-3-8-14-9-7-10-5-4-6-11(13)12(10)14/h2-7,9H,8,13H2,1H3/b3-2+. The molecule has 0 saturated carbocycles. The molecule has 2 rings (SSSR count). The largest absolute Gasteiger partial charge is 0.397 e. The van der Waals surface area contributed by atoms with Gasteiger partial charge in [0.1, 0.15) is 0 Å². The molecule has 72 valence electrons. The Hall–Kier alpha value is -1.70. The number of hydrogen-bond donors (Lipinski definition) is 1. The molecule has 0 amide bonds. The lowest BCUT2D eigenvalue weighted by Gasteiger charge is -2.03. The number of para-hydroxylation sites is 1. The van der Waals surface area contributed by atoms with Crippen LogP contribution in [0.15, 0.2) is 42.6 Å². The van der Waals surface area contributed by atoms with Crippen LogP contribution in [0.3, 0.4) is 0 Å². The van der Waals surface area contributed by atoms with Crippen LogP contribution < -0.4 is 5.73 Å². The molecule has 0 saturated heterocycles. The number of aromatic nitrogens is 1. The number of fused-ring (bicyclic) bond motifs is 1. The third-order valence-corrected chi connectivity index (χ3v) is 2.36. The molecule has 0 aliphatic rings. The zero-order valence-corrected chi connectivity index (χ0v) is 8.27. The van der Waals surface area contributed by atoms with Crippen molar-refractivity contribution in [3.8, 4) is 0 Å². The number of nitrogens with two attached hydrogens (primary N) is 1. The Kier molecular flexibility index (Phi) is 2.27. The molecule has 1 aromatic carbocycles. The first-order valence-corrected chi connectivity index (χ1v) is 4.77. The number of nitrogen functional groups attached to an aromatic ring is 1. The van der Waals surface area contributed by atoms with Crippen LogP contribution in [0.25, 0.3) is 10.9 Å². The Labute approximate surface area is 83.6 Å². The second kappa shape index (κ2) is 3.58. The first kappa shape index (κ1) is 8.88. The maximum atomic E-state index is 5.93. The lowest BCUT2D eigenvalue weighted by atomic mass is 10.2. The summed E-state index contributed by atoms with van der Waals surface area (Å²) in [6, 6.07) is 8.10. The molecule has 0 spiro atoms. The minimum atomic E-state index is 0.844. The van der Waals surface area contributed by atoms with Crippen LogP contribution in [0.1, 0.15) is 6.92 Å². The number of nitrogens with zero attached hydrogens (tertiary/aromatic N) is 1.